The number of halogens is 1. The van der Waals surface area contributed by atoms with Crippen LogP contribution >= 0.6 is 0 Å². The molecular formula is C30H39FN4O2. The van der Waals surface area contributed by atoms with Crippen LogP contribution in [-0.4, -0.2) is 85.6 Å². The number of methoxy groups -OCH3 is 1. The number of carbonyl (C=O) groups excluding carboxylic acids is 1. The molecule has 0 aliphatic carbocycles. The molecule has 2 saturated heterocycles. The Labute approximate surface area is 219 Å². The molecule has 0 atom stereocenters. The third kappa shape index (κ3) is 5.83. The lowest BCUT2D eigenvalue weighted by Gasteiger charge is -2.32. The second-order valence-electron chi connectivity index (χ2n) is 10.8. The van der Waals surface area contributed by atoms with Crippen molar-refractivity contribution in [3.63, 3.8) is 0 Å². The van der Waals surface area contributed by atoms with Gasteiger partial charge in [0.05, 0.1) is 12.7 Å². The summed E-state index contributed by atoms with van der Waals surface area (Å²) in [6, 6.07) is 10.8. The molecule has 2 fully saturated rings. The lowest BCUT2D eigenvalue weighted by molar-refractivity contribution is 0.0687. The van der Waals surface area contributed by atoms with Crippen molar-refractivity contribution in [2.75, 3.05) is 60.0 Å². The third-order valence-corrected chi connectivity index (χ3v) is 8.28. The molecule has 3 heterocycles. The Hall–Kier alpha value is -2.90. The fourth-order valence-corrected chi connectivity index (χ4v) is 5.88. The molecular weight excluding hydrogens is 467 g/mol. The normalized spacial score (nSPS) is 18.0. The van der Waals surface area contributed by atoms with Gasteiger partial charge in [0, 0.05) is 68.5 Å². The zero-order valence-corrected chi connectivity index (χ0v) is 22.4. The highest BCUT2D eigenvalue weighted by molar-refractivity contribution is 6.02. The summed E-state index contributed by atoms with van der Waals surface area (Å²) < 4.78 is 18.9. The number of likely N-dealkylation sites (N-methyl/N-ethyl adjacent to an activating group) is 1. The van der Waals surface area contributed by atoms with Crippen LogP contribution in [0.25, 0.3) is 10.9 Å². The van der Waals surface area contributed by atoms with Crippen molar-refractivity contribution in [1.82, 2.24) is 19.7 Å². The molecule has 37 heavy (non-hydrogen) atoms. The first-order valence-corrected chi connectivity index (χ1v) is 13.5. The van der Waals surface area contributed by atoms with Crippen molar-refractivity contribution in [2.45, 2.75) is 32.6 Å². The lowest BCUT2D eigenvalue weighted by atomic mass is 9.90. The highest BCUT2D eigenvalue weighted by Crippen LogP contribution is 2.32. The molecule has 2 aliphatic heterocycles. The van der Waals surface area contributed by atoms with Crippen LogP contribution in [0.2, 0.25) is 0 Å². The van der Waals surface area contributed by atoms with Crippen LogP contribution in [-0.2, 0) is 12.8 Å². The fourth-order valence-electron chi connectivity index (χ4n) is 5.88. The van der Waals surface area contributed by atoms with Crippen LogP contribution in [0.5, 0.6) is 5.75 Å². The predicted molar refractivity (Wildman–Crippen MR) is 146 cm³/mol. The van der Waals surface area contributed by atoms with Gasteiger partial charge < -0.3 is 24.4 Å². The minimum Gasteiger partial charge on any atom is -0.496 e. The number of amides is 1. The molecule has 0 saturated carbocycles. The molecule has 7 heteroatoms. The summed E-state index contributed by atoms with van der Waals surface area (Å²) >= 11 is 0. The van der Waals surface area contributed by atoms with Crippen LogP contribution in [0.3, 0.4) is 0 Å². The maximum atomic E-state index is 13.7. The van der Waals surface area contributed by atoms with E-state index in [4.69, 9.17) is 4.74 Å². The lowest BCUT2D eigenvalue weighted by Crippen LogP contribution is -2.45. The number of ether oxygens (including phenoxy) is 1. The number of carbonyl (C=O) groups is 1. The zero-order chi connectivity index (χ0) is 25.9. The van der Waals surface area contributed by atoms with E-state index in [-0.39, 0.29) is 11.7 Å². The number of aryl methyl sites for hydroxylation is 1. The Morgan fingerprint density at radius 3 is 2.43 bits per heavy atom. The SMILES string of the molecule is COc1cc2[nH]c(C)c(CCN3CCN(C)CC3)c2cc1C(=O)N1CCC(Cc2ccc(F)cc2)CC1. The summed E-state index contributed by atoms with van der Waals surface area (Å²) in [5.74, 6) is 0.975. The van der Waals surface area contributed by atoms with Crippen LogP contribution < -0.4 is 4.74 Å². The second kappa shape index (κ2) is 11.2. The molecule has 198 valence electrons. The van der Waals surface area contributed by atoms with Gasteiger partial charge >= 0.3 is 0 Å². The van der Waals surface area contributed by atoms with E-state index in [0.717, 1.165) is 93.7 Å². The van der Waals surface area contributed by atoms with Crippen LogP contribution in [0, 0.1) is 18.7 Å². The van der Waals surface area contributed by atoms with E-state index in [1.807, 2.05) is 29.2 Å². The average Bonchev–Trinajstić information content (AvgIpc) is 3.22. The number of H-pyrrole nitrogens is 1. The van der Waals surface area contributed by atoms with Crippen LogP contribution in [0.1, 0.15) is 40.0 Å². The van der Waals surface area contributed by atoms with Gasteiger partial charge in [-0.2, -0.15) is 0 Å². The molecule has 1 N–H and O–H groups in total. The van der Waals surface area contributed by atoms with Crippen LogP contribution in [0.15, 0.2) is 36.4 Å². The molecule has 0 radical (unpaired) electrons. The average molecular weight is 507 g/mol. The van der Waals surface area contributed by atoms with Crippen LogP contribution in [0.4, 0.5) is 4.39 Å². The van der Waals surface area contributed by atoms with Gasteiger partial charge in [0.15, 0.2) is 0 Å². The van der Waals surface area contributed by atoms with Gasteiger partial charge in [0.1, 0.15) is 11.6 Å². The Balaban J connectivity index is 1.28. The van der Waals surface area contributed by atoms with Gasteiger partial charge in [-0.25, -0.2) is 4.39 Å². The van der Waals surface area contributed by atoms with Crippen molar-refractivity contribution >= 4 is 16.8 Å². The van der Waals surface area contributed by atoms with Gasteiger partial charge in [-0.1, -0.05) is 12.1 Å². The number of rotatable bonds is 7. The molecule has 1 aromatic heterocycles. The predicted octanol–water partition coefficient (Wildman–Crippen LogP) is 4.51. The number of hydrogen-bond acceptors (Lipinski definition) is 4. The first kappa shape index (κ1) is 25.7. The van der Waals surface area contributed by atoms with Gasteiger partial charge in [0.2, 0.25) is 0 Å². The van der Waals surface area contributed by atoms with Gasteiger partial charge in [-0.15, -0.1) is 0 Å². The number of hydrogen-bond donors (Lipinski definition) is 1. The third-order valence-electron chi connectivity index (χ3n) is 8.28. The van der Waals surface area contributed by atoms with E-state index < -0.39 is 0 Å². The van der Waals surface area contributed by atoms with E-state index >= 15 is 0 Å². The molecule has 3 aromatic rings. The molecule has 5 rings (SSSR count). The number of likely N-dealkylation sites (tertiary alicyclic amines) is 1. The van der Waals surface area contributed by atoms with Crippen molar-refractivity contribution in [1.29, 1.82) is 0 Å². The largest absolute Gasteiger partial charge is 0.496 e. The summed E-state index contributed by atoms with van der Waals surface area (Å²) in [6.45, 7) is 9.05. The van der Waals surface area contributed by atoms with Gasteiger partial charge in [0.25, 0.3) is 5.91 Å². The molecule has 0 unspecified atom stereocenters. The van der Waals surface area contributed by atoms with Crippen molar-refractivity contribution < 1.29 is 13.9 Å². The van der Waals surface area contributed by atoms with Gasteiger partial charge in [-0.05, 0) is 74.9 Å². The molecule has 2 aromatic carbocycles. The summed E-state index contributed by atoms with van der Waals surface area (Å²) in [5, 5.41) is 1.13. The minimum absolute atomic E-state index is 0.0443. The fraction of sp³-hybridized carbons (Fsp3) is 0.500. The Kier molecular flexibility index (Phi) is 7.81. The summed E-state index contributed by atoms with van der Waals surface area (Å²) in [4.78, 5) is 24.1. The maximum Gasteiger partial charge on any atom is 0.257 e. The standard InChI is InChI=1S/C30H39FN4O2/c1-21-25(10-11-34-16-14-33(2)15-17-34)26-19-27(29(37-3)20-28(26)32-21)30(36)35-12-8-23(9-13-35)18-22-4-6-24(31)7-5-22/h4-7,19-20,23,32H,8-18H2,1-3H3. The van der Waals surface area contributed by atoms with E-state index in [2.05, 4.69) is 28.8 Å². The van der Waals surface area contributed by atoms with E-state index in [1.54, 1.807) is 7.11 Å². The van der Waals surface area contributed by atoms with Crippen molar-refractivity contribution in [3.8, 4) is 5.75 Å². The number of piperidine rings is 1. The maximum absolute atomic E-state index is 13.7. The topological polar surface area (TPSA) is 51.8 Å². The quantitative estimate of drug-likeness (QED) is 0.512. The zero-order valence-electron chi connectivity index (χ0n) is 22.4. The van der Waals surface area contributed by atoms with E-state index in [0.29, 0.717) is 17.2 Å². The minimum atomic E-state index is -0.199. The van der Waals surface area contributed by atoms with Crippen molar-refractivity contribution in [2.24, 2.45) is 5.92 Å². The molecule has 1 amide bonds. The highest BCUT2D eigenvalue weighted by Gasteiger charge is 2.27. The summed E-state index contributed by atoms with van der Waals surface area (Å²) in [7, 11) is 3.82. The first-order valence-electron chi connectivity index (χ1n) is 13.5. The highest BCUT2D eigenvalue weighted by atomic mass is 19.1. The Bertz CT molecular complexity index is 1220. The van der Waals surface area contributed by atoms with E-state index in [9.17, 15) is 9.18 Å². The summed E-state index contributed by atoms with van der Waals surface area (Å²) in [6.07, 6.45) is 3.79. The second-order valence-corrected chi connectivity index (χ2v) is 10.8. The smallest absolute Gasteiger partial charge is 0.257 e. The first-order chi connectivity index (χ1) is 17.9. The molecule has 0 bridgehead atoms. The Morgan fingerprint density at radius 2 is 1.76 bits per heavy atom. The number of aromatic nitrogens is 1. The summed E-state index contributed by atoms with van der Waals surface area (Å²) in [5.41, 5.74) is 5.29. The number of nitrogens with zero attached hydrogens (tertiary/aromatic N) is 3. The number of aromatic amines is 1. The number of fused-ring (bicyclic) bond motifs is 1. The van der Waals surface area contributed by atoms with E-state index in [1.165, 1.54) is 17.7 Å². The van der Waals surface area contributed by atoms with Crippen molar-refractivity contribution in [3.05, 3.63) is 64.6 Å². The monoisotopic (exact) mass is 506 g/mol. The number of nitrogens with one attached hydrogen (secondary N) is 1. The number of piperazine rings is 1. The molecule has 2 aliphatic rings. The Morgan fingerprint density at radius 1 is 1.05 bits per heavy atom. The van der Waals surface area contributed by atoms with Gasteiger partial charge in [-0.3, -0.25) is 4.79 Å². The molecule has 6 nitrogen and oxygen atoms in total. The molecule has 0 spiro atoms. The number of benzene rings is 2.